The lowest BCUT2D eigenvalue weighted by molar-refractivity contribution is -0.140. The highest BCUT2D eigenvalue weighted by Gasteiger charge is 2.36. The van der Waals surface area contributed by atoms with Crippen molar-refractivity contribution in [3.63, 3.8) is 0 Å². The first-order valence-corrected chi connectivity index (χ1v) is 10.9. The molecule has 0 saturated carbocycles. The molecule has 1 amide bonds. The zero-order chi connectivity index (χ0) is 22.2. The van der Waals surface area contributed by atoms with Gasteiger partial charge in [0.2, 0.25) is 0 Å². The van der Waals surface area contributed by atoms with Crippen molar-refractivity contribution >= 4 is 12.1 Å². The van der Waals surface area contributed by atoms with Gasteiger partial charge in [-0.2, -0.15) is 0 Å². The van der Waals surface area contributed by atoms with Crippen LogP contribution in [0.1, 0.15) is 33.7 Å². The summed E-state index contributed by atoms with van der Waals surface area (Å²) < 4.78 is 5.57. The molecule has 3 aromatic carbocycles. The van der Waals surface area contributed by atoms with Crippen LogP contribution < -0.4 is 5.32 Å². The van der Waals surface area contributed by atoms with Gasteiger partial charge in [-0.15, -0.1) is 0 Å². The monoisotopic (exact) mass is 427 g/mol. The summed E-state index contributed by atoms with van der Waals surface area (Å²) in [6.45, 7) is 2.20. The Morgan fingerprint density at radius 2 is 1.62 bits per heavy atom. The molecule has 0 aliphatic heterocycles. The number of hydrogen-bond acceptors (Lipinski definition) is 3. The van der Waals surface area contributed by atoms with Crippen LogP contribution in [0.5, 0.6) is 0 Å². The van der Waals surface area contributed by atoms with Gasteiger partial charge in [-0.05, 0) is 64.6 Å². The largest absolute Gasteiger partial charge is 0.480 e. The van der Waals surface area contributed by atoms with Crippen LogP contribution >= 0.6 is 0 Å². The summed E-state index contributed by atoms with van der Waals surface area (Å²) in [6.07, 6.45) is 0.590. The fourth-order valence-electron chi connectivity index (χ4n) is 5.25. The average molecular weight is 428 g/mol. The molecule has 2 atom stereocenters. The highest BCUT2D eigenvalue weighted by Crippen LogP contribution is 2.44. The molecule has 0 unspecified atom stereocenters. The van der Waals surface area contributed by atoms with Crippen molar-refractivity contribution in [2.75, 3.05) is 6.61 Å². The molecule has 32 heavy (non-hydrogen) atoms. The first-order chi connectivity index (χ1) is 15.5. The molecule has 2 aliphatic rings. The fraction of sp³-hybridized carbons (Fsp3) is 0.259. The van der Waals surface area contributed by atoms with Gasteiger partial charge in [-0.1, -0.05) is 66.7 Å². The lowest BCUT2D eigenvalue weighted by atomic mass is 9.96. The third kappa shape index (κ3) is 3.54. The van der Waals surface area contributed by atoms with E-state index in [0.29, 0.717) is 12.8 Å². The molecule has 0 saturated heterocycles. The molecule has 2 aliphatic carbocycles. The van der Waals surface area contributed by atoms with Crippen molar-refractivity contribution in [3.05, 3.63) is 94.5 Å². The van der Waals surface area contributed by atoms with E-state index in [4.69, 9.17) is 4.74 Å². The highest BCUT2D eigenvalue weighted by molar-refractivity contribution is 5.81. The molecule has 0 bridgehead atoms. The van der Waals surface area contributed by atoms with Crippen molar-refractivity contribution in [2.45, 2.75) is 31.7 Å². The second-order valence-corrected chi connectivity index (χ2v) is 8.67. The summed E-state index contributed by atoms with van der Waals surface area (Å²) in [5.74, 6) is -1.28. The first kappa shape index (κ1) is 20.3. The third-order valence-electron chi connectivity index (χ3n) is 6.81. The van der Waals surface area contributed by atoms with Crippen molar-refractivity contribution < 1.29 is 19.4 Å². The number of carboxylic acid groups (broad SMARTS) is 1. The molecule has 0 spiro atoms. The quantitative estimate of drug-likeness (QED) is 0.619. The zero-order valence-electron chi connectivity index (χ0n) is 17.9. The van der Waals surface area contributed by atoms with Crippen molar-refractivity contribution in [1.29, 1.82) is 0 Å². The number of nitrogens with one attached hydrogen (secondary N) is 1. The summed E-state index contributed by atoms with van der Waals surface area (Å²) in [7, 11) is 0. The minimum atomic E-state index is -1.03. The van der Waals surface area contributed by atoms with E-state index in [0.717, 1.165) is 33.4 Å². The topological polar surface area (TPSA) is 75.6 Å². The second kappa shape index (κ2) is 8.15. The molecule has 0 radical (unpaired) electrons. The summed E-state index contributed by atoms with van der Waals surface area (Å²) in [5.41, 5.74) is 8.07. The normalized spacial score (nSPS) is 17.2. The van der Waals surface area contributed by atoms with E-state index >= 15 is 0 Å². The van der Waals surface area contributed by atoms with Crippen LogP contribution in [0.2, 0.25) is 0 Å². The molecular formula is C27H25NO4. The zero-order valence-corrected chi connectivity index (χ0v) is 17.9. The van der Waals surface area contributed by atoms with Crippen LogP contribution in [0.25, 0.3) is 11.1 Å². The van der Waals surface area contributed by atoms with Gasteiger partial charge in [0.15, 0.2) is 0 Å². The third-order valence-corrected chi connectivity index (χ3v) is 6.81. The number of fused-ring (bicyclic) bond motifs is 4. The Bertz CT molecular complexity index is 1160. The van der Waals surface area contributed by atoms with E-state index in [1.54, 1.807) is 0 Å². The smallest absolute Gasteiger partial charge is 0.407 e. The summed E-state index contributed by atoms with van der Waals surface area (Å²) in [6, 6.07) is 21.3. The van der Waals surface area contributed by atoms with Crippen molar-refractivity contribution in [2.24, 2.45) is 5.92 Å². The van der Waals surface area contributed by atoms with E-state index in [9.17, 15) is 14.7 Å². The van der Waals surface area contributed by atoms with E-state index in [1.165, 1.54) is 5.56 Å². The maximum absolute atomic E-state index is 12.6. The number of aryl methyl sites for hydroxylation is 1. The lowest BCUT2D eigenvalue weighted by Crippen LogP contribution is -2.46. The SMILES string of the molecule is Cc1cccc2c1C[C@@H]([C@@H](NC(=O)OCC1c3ccccc3-c3ccccc31)C(=O)O)C2. The van der Waals surface area contributed by atoms with Crippen molar-refractivity contribution in [3.8, 4) is 11.1 Å². The maximum atomic E-state index is 12.6. The van der Waals surface area contributed by atoms with Crippen LogP contribution in [0.15, 0.2) is 66.7 Å². The Labute approximate surface area is 187 Å². The van der Waals surface area contributed by atoms with Gasteiger partial charge in [0, 0.05) is 5.92 Å². The van der Waals surface area contributed by atoms with E-state index < -0.39 is 18.1 Å². The average Bonchev–Trinajstić information content (AvgIpc) is 3.36. The lowest BCUT2D eigenvalue weighted by Gasteiger charge is -2.21. The van der Waals surface area contributed by atoms with Gasteiger partial charge in [0.05, 0.1) is 0 Å². The first-order valence-electron chi connectivity index (χ1n) is 10.9. The molecule has 0 heterocycles. The van der Waals surface area contributed by atoms with Crippen molar-refractivity contribution in [1.82, 2.24) is 5.32 Å². The predicted molar refractivity (Wildman–Crippen MR) is 122 cm³/mol. The van der Waals surface area contributed by atoms with Gasteiger partial charge < -0.3 is 15.2 Å². The Morgan fingerprint density at radius 3 is 2.25 bits per heavy atom. The summed E-state index contributed by atoms with van der Waals surface area (Å²) in [4.78, 5) is 24.6. The highest BCUT2D eigenvalue weighted by atomic mass is 16.5. The van der Waals surface area contributed by atoms with E-state index in [1.807, 2.05) is 49.4 Å². The Balaban J connectivity index is 1.28. The van der Waals surface area contributed by atoms with Gasteiger partial charge in [0.1, 0.15) is 12.6 Å². The molecule has 0 aromatic heterocycles. The standard InChI is InChI=1S/C27H25NO4/c1-16-7-6-8-17-13-18(14-23(16)17)25(26(29)30)28-27(31)32-15-24-21-11-4-2-9-19(21)20-10-3-5-12-22(20)24/h2-12,18,24-25H,13-15H2,1H3,(H,28,31)(H,29,30)/t18-,25+/m0/s1. The number of carbonyl (C=O) groups is 2. The van der Waals surface area contributed by atoms with E-state index in [2.05, 4.69) is 29.6 Å². The van der Waals surface area contributed by atoms with Gasteiger partial charge in [-0.25, -0.2) is 9.59 Å². The number of alkyl carbamates (subject to hydrolysis) is 1. The minimum absolute atomic E-state index is 0.0604. The molecule has 5 heteroatoms. The van der Waals surface area contributed by atoms with Gasteiger partial charge >= 0.3 is 12.1 Å². The second-order valence-electron chi connectivity index (χ2n) is 8.67. The van der Waals surface area contributed by atoms with Crippen LogP contribution in [0.3, 0.4) is 0 Å². The van der Waals surface area contributed by atoms with E-state index in [-0.39, 0.29) is 18.4 Å². The molecule has 5 nitrogen and oxygen atoms in total. The molecular weight excluding hydrogens is 402 g/mol. The minimum Gasteiger partial charge on any atom is -0.480 e. The molecule has 0 fully saturated rings. The molecule has 162 valence electrons. The number of ether oxygens (including phenoxy) is 1. The van der Waals surface area contributed by atoms with Crippen LogP contribution in [0.4, 0.5) is 4.79 Å². The van der Waals surface area contributed by atoms with Gasteiger partial charge in [-0.3, -0.25) is 0 Å². The summed E-state index contributed by atoms with van der Waals surface area (Å²) >= 11 is 0. The Kier molecular flexibility index (Phi) is 5.17. The number of amides is 1. The molecule has 2 N–H and O–H groups in total. The Morgan fingerprint density at radius 1 is 0.969 bits per heavy atom. The Hall–Kier alpha value is -3.60. The number of carbonyl (C=O) groups excluding carboxylic acids is 1. The fourth-order valence-corrected chi connectivity index (χ4v) is 5.25. The van der Waals surface area contributed by atoms with Crippen LogP contribution in [-0.4, -0.2) is 29.8 Å². The maximum Gasteiger partial charge on any atom is 0.407 e. The number of rotatable bonds is 5. The molecule has 3 aromatic rings. The number of carboxylic acids is 1. The summed E-state index contributed by atoms with van der Waals surface area (Å²) in [5, 5.41) is 12.4. The molecule has 5 rings (SSSR count). The predicted octanol–water partition coefficient (Wildman–Crippen LogP) is 4.70. The number of benzene rings is 3. The number of aliphatic carboxylic acids is 1. The number of hydrogen-bond donors (Lipinski definition) is 2. The van der Waals surface area contributed by atoms with Gasteiger partial charge in [0.25, 0.3) is 0 Å². The van der Waals surface area contributed by atoms with Crippen LogP contribution in [-0.2, 0) is 22.4 Å². The van der Waals surface area contributed by atoms with Crippen LogP contribution in [0, 0.1) is 12.8 Å².